The molecule has 2 aromatic rings. The number of hydrogen-bond acceptors (Lipinski definition) is 8. The van der Waals surface area contributed by atoms with Crippen molar-refractivity contribution in [2.24, 2.45) is 0 Å². The van der Waals surface area contributed by atoms with E-state index in [9.17, 15) is 0 Å². The summed E-state index contributed by atoms with van der Waals surface area (Å²) in [7, 11) is 0. The van der Waals surface area contributed by atoms with Crippen LogP contribution in [0.15, 0.2) is 4.63 Å². The van der Waals surface area contributed by atoms with Gasteiger partial charge in [-0.05, 0) is 62.2 Å². The molecule has 2 aliphatic rings. The van der Waals surface area contributed by atoms with Crippen LogP contribution in [-0.2, 0) is 13.1 Å². The number of nitrogens with two attached hydrogens (primary N) is 1. The molecule has 2 fully saturated rings. The molecule has 2 aliphatic heterocycles. The van der Waals surface area contributed by atoms with E-state index in [1.165, 1.54) is 25.7 Å². The van der Waals surface area contributed by atoms with E-state index in [0.717, 1.165) is 50.7 Å². The van der Waals surface area contributed by atoms with Crippen LogP contribution in [0.2, 0.25) is 0 Å². The molecule has 0 spiro atoms. The van der Waals surface area contributed by atoms with Crippen molar-refractivity contribution in [2.75, 3.05) is 31.9 Å². The second kappa shape index (κ2) is 6.25. The summed E-state index contributed by atoms with van der Waals surface area (Å²) in [6.45, 7) is 6.12. The minimum atomic E-state index is 0.241. The van der Waals surface area contributed by atoms with Crippen molar-refractivity contribution in [3.63, 3.8) is 0 Å². The molecule has 0 amide bonds. The summed E-state index contributed by atoms with van der Waals surface area (Å²) in [5, 5.41) is 16.2. The molecular formula is C14H22N8O. The molecule has 0 radical (unpaired) electrons. The standard InChI is InChI=1S/C14H22N8O/c15-13-14(18-23-17-13)22-12(10-21-7-3-4-8-21)11(16-19-22)9-20-5-1-2-6-20/h1-10H2,(H2,15,17). The monoisotopic (exact) mass is 318 g/mol. The van der Waals surface area contributed by atoms with Gasteiger partial charge in [-0.15, -0.1) is 5.10 Å². The Morgan fingerprint density at radius 3 is 2.17 bits per heavy atom. The molecule has 2 saturated heterocycles. The molecule has 4 rings (SSSR count). The van der Waals surface area contributed by atoms with Crippen LogP contribution in [0.3, 0.4) is 0 Å². The maximum atomic E-state index is 5.84. The smallest absolute Gasteiger partial charge is 0.243 e. The Balaban J connectivity index is 1.64. The van der Waals surface area contributed by atoms with Gasteiger partial charge in [0.1, 0.15) is 5.69 Å². The lowest BCUT2D eigenvalue weighted by Crippen LogP contribution is -2.24. The number of nitrogen functional groups attached to an aromatic ring is 1. The molecule has 9 nitrogen and oxygen atoms in total. The average Bonchev–Trinajstić information content (AvgIpc) is 3.31. The lowest BCUT2D eigenvalue weighted by atomic mass is 10.2. The van der Waals surface area contributed by atoms with Crippen LogP contribution < -0.4 is 5.73 Å². The van der Waals surface area contributed by atoms with E-state index in [1.54, 1.807) is 4.68 Å². The van der Waals surface area contributed by atoms with Crippen LogP contribution in [-0.4, -0.2) is 61.3 Å². The zero-order valence-corrected chi connectivity index (χ0v) is 13.2. The highest BCUT2D eigenvalue weighted by molar-refractivity contribution is 5.44. The molecule has 2 N–H and O–H groups in total. The lowest BCUT2D eigenvalue weighted by molar-refractivity contribution is 0.300. The maximum absolute atomic E-state index is 5.84. The fourth-order valence-electron chi connectivity index (χ4n) is 3.43. The molecule has 0 saturated carbocycles. The summed E-state index contributed by atoms with van der Waals surface area (Å²) < 4.78 is 6.42. The zero-order valence-electron chi connectivity index (χ0n) is 13.2. The highest BCUT2D eigenvalue weighted by Crippen LogP contribution is 2.21. The Labute approximate surface area is 134 Å². The summed E-state index contributed by atoms with van der Waals surface area (Å²) in [4.78, 5) is 4.85. The minimum absolute atomic E-state index is 0.241. The third-order valence-corrected chi connectivity index (χ3v) is 4.68. The van der Waals surface area contributed by atoms with E-state index < -0.39 is 0 Å². The zero-order chi connectivity index (χ0) is 15.6. The molecule has 0 bridgehead atoms. The van der Waals surface area contributed by atoms with Gasteiger partial charge in [-0.1, -0.05) is 5.21 Å². The van der Waals surface area contributed by atoms with Crippen molar-refractivity contribution in [3.8, 4) is 5.82 Å². The van der Waals surface area contributed by atoms with E-state index in [1.807, 2.05) is 0 Å². The summed E-state index contributed by atoms with van der Waals surface area (Å²) in [6.07, 6.45) is 5.01. The third-order valence-electron chi connectivity index (χ3n) is 4.68. The molecule has 124 valence electrons. The SMILES string of the molecule is Nc1nonc1-n1nnc(CN2CCCC2)c1CN1CCCC1. The van der Waals surface area contributed by atoms with Crippen LogP contribution >= 0.6 is 0 Å². The van der Waals surface area contributed by atoms with Crippen molar-refractivity contribution in [2.45, 2.75) is 38.8 Å². The predicted molar refractivity (Wildman–Crippen MR) is 82.6 cm³/mol. The normalized spacial score (nSPS) is 19.8. The molecule has 0 atom stereocenters. The van der Waals surface area contributed by atoms with Crippen LogP contribution in [0.1, 0.15) is 37.1 Å². The second-order valence-corrected chi connectivity index (χ2v) is 6.33. The largest absolute Gasteiger partial charge is 0.378 e. The quantitative estimate of drug-likeness (QED) is 0.846. The van der Waals surface area contributed by atoms with E-state index in [2.05, 4.69) is 30.4 Å². The first-order valence-corrected chi connectivity index (χ1v) is 8.28. The molecule has 0 unspecified atom stereocenters. The molecule has 2 aromatic heterocycles. The molecule has 0 aliphatic carbocycles. The number of anilines is 1. The van der Waals surface area contributed by atoms with Crippen LogP contribution in [0, 0.1) is 0 Å². The number of likely N-dealkylation sites (tertiary alicyclic amines) is 2. The predicted octanol–water partition coefficient (Wildman–Crippen LogP) is 0.424. The van der Waals surface area contributed by atoms with Gasteiger partial charge >= 0.3 is 0 Å². The minimum Gasteiger partial charge on any atom is -0.378 e. The Morgan fingerprint density at radius 1 is 0.913 bits per heavy atom. The number of rotatable bonds is 5. The molecular weight excluding hydrogens is 296 g/mol. The van der Waals surface area contributed by atoms with Gasteiger partial charge in [-0.2, -0.15) is 4.68 Å². The number of aromatic nitrogens is 5. The highest BCUT2D eigenvalue weighted by atomic mass is 16.6. The van der Waals surface area contributed by atoms with E-state index in [-0.39, 0.29) is 5.82 Å². The molecule has 0 aromatic carbocycles. The summed E-state index contributed by atoms with van der Waals surface area (Å²) >= 11 is 0. The van der Waals surface area contributed by atoms with E-state index in [0.29, 0.717) is 5.82 Å². The topological polar surface area (TPSA) is 102 Å². The van der Waals surface area contributed by atoms with Crippen LogP contribution in [0.25, 0.3) is 5.82 Å². The Hall–Kier alpha value is -2.00. The number of hydrogen-bond donors (Lipinski definition) is 1. The van der Waals surface area contributed by atoms with Gasteiger partial charge in [0.15, 0.2) is 0 Å². The van der Waals surface area contributed by atoms with Gasteiger partial charge in [-0.3, -0.25) is 9.80 Å². The first kappa shape index (κ1) is 14.6. The maximum Gasteiger partial charge on any atom is 0.243 e. The number of nitrogens with zero attached hydrogens (tertiary/aromatic N) is 7. The van der Waals surface area contributed by atoms with E-state index >= 15 is 0 Å². The first-order valence-electron chi connectivity index (χ1n) is 8.28. The van der Waals surface area contributed by atoms with Crippen molar-refractivity contribution >= 4 is 5.82 Å². The Kier molecular flexibility index (Phi) is 3.96. The van der Waals surface area contributed by atoms with Gasteiger partial charge in [0.25, 0.3) is 0 Å². The fourth-order valence-corrected chi connectivity index (χ4v) is 3.43. The Morgan fingerprint density at radius 2 is 1.57 bits per heavy atom. The lowest BCUT2D eigenvalue weighted by Gasteiger charge is -2.18. The van der Waals surface area contributed by atoms with Crippen LogP contribution in [0.5, 0.6) is 0 Å². The average molecular weight is 318 g/mol. The van der Waals surface area contributed by atoms with Crippen molar-refractivity contribution in [1.29, 1.82) is 0 Å². The molecule has 9 heteroatoms. The summed E-state index contributed by atoms with van der Waals surface area (Å²) in [5.74, 6) is 0.671. The summed E-state index contributed by atoms with van der Waals surface area (Å²) in [6, 6.07) is 0. The Bertz CT molecular complexity index is 654. The van der Waals surface area contributed by atoms with Crippen LogP contribution in [0.4, 0.5) is 5.82 Å². The van der Waals surface area contributed by atoms with Crippen molar-refractivity contribution < 1.29 is 4.63 Å². The van der Waals surface area contributed by atoms with Crippen molar-refractivity contribution in [1.82, 2.24) is 35.1 Å². The van der Waals surface area contributed by atoms with Gasteiger partial charge in [0.05, 0.1) is 5.69 Å². The second-order valence-electron chi connectivity index (χ2n) is 6.33. The summed E-state index contributed by atoms with van der Waals surface area (Å²) in [5.41, 5.74) is 7.89. The highest BCUT2D eigenvalue weighted by Gasteiger charge is 2.24. The third kappa shape index (κ3) is 2.93. The molecule has 4 heterocycles. The first-order chi connectivity index (χ1) is 11.3. The van der Waals surface area contributed by atoms with Gasteiger partial charge < -0.3 is 5.73 Å². The van der Waals surface area contributed by atoms with Gasteiger partial charge in [0, 0.05) is 13.1 Å². The van der Waals surface area contributed by atoms with E-state index in [4.69, 9.17) is 10.4 Å². The van der Waals surface area contributed by atoms with Crippen molar-refractivity contribution in [3.05, 3.63) is 11.4 Å². The molecule has 23 heavy (non-hydrogen) atoms. The van der Waals surface area contributed by atoms with Gasteiger partial charge in [-0.25, -0.2) is 4.63 Å². The fraction of sp³-hybridized carbons (Fsp3) is 0.714. The van der Waals surface area contributed by atoms with Gasteiger partial charge in [0.2, 0.25) is 11.6 Å².